The molecule has 8 nitrogen and oxygen atoms in total. The monoisotopic (exact) mass is 319 g/mol. The summed E-state index contributed by atoms with van der Waals surface area (Å²) in [4.78, 5) is 32.8. The first-order valence-corrected chi connectivity index (χ1v) is 5.67. The topological polar surface area (TPSA) is 114 Å². The number of carbonyl (C=O) groups excluding carboxylic acids is 1. The molecule has 0 aromatic carbocycles. The predicted molar refractivity (Wildman–Crippen MR) is 65.2 cm³/mol. The van der Waals surface area contributed by atoms with Gasteiger partial charge in [0, 0.05) is 23.3 Å². The Morgan fingerprint density at radius 1 is 1.61 bits per heavy atom. The number of aromatic nitrogens is 1. The number of hydrogen-bond donors (Lipinski definition) is 2. The number of halogens is 1. The van der Waals surface area contributed by atoms with Crippen LogP contribution in [0.15, 0.2) is 21.5 Å². The SMILES string of the molecule is O=C(Cn1cc(Br)cc([N+](=O)[O-])c1=O)NCCO. The van der Waals surface area contributed by atoms with Crippen LogP contribution in [0, 0.1) is 10.1 Å². The molecule has 0 aliphatic carbocycles. The Balaban J connectivity index is 2.99. The predicted octanol–water partition coefficient (Wildman–Crippen LogP) is -0.373. The number of nitrogens with zero attached hydrogens (tertiary/aromatic N) is 2. The highest BCUT2D eigenvalue weighted by Crippen LogP contribution is 2.13. The van der Waals surface area contributed by atoms with Crippen LogP contribution in [0.3, 0.4) is 0 Å². The van der Waals surface area contributed by atoms with Crippen LogP contribution in [0.2, 0.25) is 0 Å². The van der Waals surface area contributed by atoms with Crippen molar-refractivity contribution in [3.63, 3.8) is 0 Å². The van der Waals surface area contributed by atoms with Crippen molar-refractivity contribution in [2.24, 2.45) is 0 Å². The number of pyridine rings is 1. The fourth-order valence-electron chi connectivity index (χ4n) is 1.24. The molecule has 0 saturated carbocycles. The third-order valence-corrected chi connectivity index (χ3v) is 2.41. The average molecular weight is 320 g/mol. The van der Waals surface area contributed by atoms with Crippen LogP contribution >= 0.6 is 15.9 Å². The van der Waals surface area contributed by atoms with E-state index in [1.54, 1.807) is 0 Å². The normalized spacial score (nSPS) is 10.1. The number of carbonyl (C=O) groups is 1. The van der Waals surface area contributed by atoms with Crippen molar-refractivity contribution in [3.8, 4) is 0 Å². The molecule has 9 heteroatoms. The summed E-state index contributed by atoms with van der Waals surface area (Å²) in [5.41, 5.74) is -1.47. The van der Waals surface area contributed by atoms with Crippen LogP contribution in [-0.4, -0.2) is 33.7 Å². The Kier molecular flexibility index (Phi) is 4.98. The number of nitro groups is 1. The summed E-state index contributed by atoms with van der Waals surface area (Å²) in [6.07, 6.45) is 1.29. The molecule has 0 fully saturated rings. The highest BCUT2D eigenvalue weighted by Gasteiger charge is 2.17. The van der Waals surface area contributed by atoms with E-state index in [1.165, 1.54) is 6.20 Å². The molecule has 1 aromatic heterocycles. The van der Waals surface area contributed by atoms with Gasteiger partial charge in [0.15, 0.2) is 0 Å². The first-order chi connectivity index (χ1) is 8.45. The van der Waals surface area contributed by atoms with Crippen LogP contribution in [0.4, 0.5) is 5.69 Å². The minimum absolute atomic E-state index is 0.0592. The van der Waals surface area contributed by atoms with Gasteiger partial charge in [-0.2, -0.15) is 0 Å². The largest absolute Gasteiger partial charge is 0.395 e. The fraction of sp³-hybridized carbons (Fsp3) is 0.333. The fourth-order valence-corrected chi connectivity index (χ4v) is 1.70. The highest BCUT2D eigenvalue weighted by molar-refractivity contribution is 9.10. The zero-order chi connectivity index (χ0) is 13.7. The molecule has 1 aromatic rings. The van der Waals surface area contributed by atoms with Crippen molar-refractivity contribution >= 4 is 27.5 Å². The number of aliphatic hydroxyl groups excluding tert-OH is 1. The third kappa shape index (κ3) is 3.64. The second-order valence-corrected chi connectivity index (χ2v) is 4.22. The number of amides is 1. The van der Waals surface area contributed by atoms with Crippen molar-refractivity contribution in [2.75, 3.05) is 13.2 Å². The molecule has 0 aliphatic rings. The molecule has 0 saturated heterocycles. The van der Waals surface area contributed by atoms with Gasteiger partial charge in [-0.25, -0.2) is 0 Å². The summed E-state index contributed by atoms with van der Waals surface area (Å²) < 4.78 is 1.25. The van der Waals surface area contributed by atoms with E-state index >= 15 is 0 Å². The van der Waals surface area contributed by atoms with Crippen LogP contribution in [-0.2, 0) is 11.3 Å². The molecule has 1 rings (SSSR count). The Labute approximate surface area is 110 Å². The molecule has 98 valence electrons. The molecule has 0 bridgehead atoms. The van der Waals surface area contributed by atoms with E-state index in [0.29, 0.717) is 4.47 Å². The quantitative estimate of drug-likeness (QED) is 0.567. The van der Waals surface area contributed by atoms with Crippen LogP contribution < -0.4 is 10.9 Å². The van der Waals surface area contributed by atoms with Gasteiger partial charge in [0.25, 0.3) is 0 Å². The summed E-state index contributed by atoms with van der Waals surface area (Å²) in [7, 11) is 0. The third-order valence-electron chi connectivity index (χ3n) is 1.98. The molecule has 2 N–H and O–H groups in total. The second-order valence-electron chi connectivity index (χ2n) is 3.31. The Morgan fingerprint density at radius 3 is 2.83 bits per heavy atom. The van der Waals surface area contributed by atoms with Crippen LogP contribution in [0.1, 0.15) is 0 Å². The lowest BCUT2D eigenvalue weighted by Gasteiger charge is -2.06. The highest BCUT2D eigenvalue weighted by atomic mass is 79.9. The molecule has 0 aliphatic heterocycles. The number of hydrogen-bond acceptors (Lipinski definition) is 5. The number of nitrogens with one attached hydrogen (secondary N) is 1. The summed E-state index contributed by atoms with van der Waals surface area (Å²) >= 11 is 3.02. The minimum Gasteiger partial charge on any atom is -0.395 e. The van der Waals surface area contributed by atoms with Gasteiger partial charge in [-0.15, -0.1) is 0 Å². The summed E-state index contributed by atoms with van der Waals surface area (Å²) in [6.45, 7) is -0.512. The van der Waals surface area contributed by atoms with E-state index in [2.05, 4.69) is 21.2 Å². The van der Waals surface area contributed by atoms with Crippen molar-refractivity contribution in [2.45, 2.75) is 6.54 Å². The lowest BCUT2D eigenvalue weighted by molar-refractivity contribution is -0.386. The van der Waals surface area contributed by atoms with Gasteiger partial charge in [0.1, 0.15) is 6.54 Å². The van der Waals surface area contributed by atoms with Gasteiger partial charge < -0.3 is 10.4 Å². The van der Waals surface area contributed by atoms with E-state index < -0.39 is 22.1 Å². The average Bonchev–Trinajstić information content (AvgIpc) is 2.30. The van der Waals surface area contributed by atoms with E-state index in [9.17, 15) is 19.7 Å². The number of aliphatic hydroxyl groups is 1. The van der Waals surface area contributed by atoms with Crippen LogP contribution in [0.5, 0.6) is 0 Å². The smallest absolute Gasteiger partial charge is 0.335 e. The zero-order valence-electron chi connectivity index (χ0n) is 9.13. The zero-order valence-corrected chi connectivity index (χ0v) is 10.7. The van der Waals surface area contributed by atoms with Crippen molar-refractivity contribution in [1.29, 1.82) is 0 Å². The first kappa shape index (κ1) is 14.3. The van der Waals surface area contributed by atoms with E-state index in [0.717, 1.165) is 10.6 Å². The van der Waals surface area contributed by atoms with Gasteiger partial charge >= 0.3 is 11.2 Å². The van der Waals surface area contributed by atoms with Crippen LogP contribution in [0.25, 0.3) is 0 Å². The van der Waals surface area contributed by atoms with Gasteiger partial charge in [-0.3, -0.25) is 24.3 Å². The lowest BCUT2D eigenvalue weighted by Crippen LogP contribution is -2.34. The molecule has 1 amide bonds. The molecule has 1 heterocycles. The van der Waals surface area contributed by atoms with Crippen molar-refractivity contribution in [1.82, 2.24) is 9.88 Å². The molecule has 0 unspecified atom stereocenters. The lowest BCUT2D eigenvalue weighted by atomic mass is 10.4. The maximum atomic E-state index is 11.6. The van der Waals surface area contributed by atoms with Gasteiger partial charge in [-0.05, 0) is 15.9 Å². The summed E-state index contributed by atoms with van der Waals surface area (Å²) in [6, 6.07) is 1.07. The molecule has 0 spiro atoms. The van der Waals surface area contributed by atoms with Crippen molar-refractivity contribution in [3.05, 3.63) is 37.2 Å². The number of rotatable bonds is 5. The van der Waals surface area contributed by atoms with E-state index in [1.807, 2.05) is 0 Å². The maximum Gasteiger partial charge on any atom is 0.335 e. The van der Waals surface area contributed by atoms with Gasteiger partial charge in [0.2, 0.25) is 5.91 Å². The molecule has 18 heavy (non-hydrogen) atoms. The molecule has 0 radical (unpaired) electrons. The van der Waals surface area contributed by atoms with Gasteiger partial charge in [0.05, 0.1) is 11.5 Å². The standard InChI is InChI=1S/C9H10BrN3O5/c10-6-3-7(13(17)18)9(16)12(4-6)5-8(15)11-1-2-14/h3-4,14H,1-2,5H2,(H,11,15). The Morgan fingerprint density at radius 2 is 2.28 bits per heavy atom. The summed E-state index contributed by atoms with van der Waals surface area (Å²) in [5.74, 6) is -0.515. The van der Waals surface area contributed by atoms with Crippen molar-refractivity contribution < 1.29 is 14.8 Å². The Hall–Kier alpha value is -1.74. The van der Waals surface area contributed by atoms with E-state index in [4.69, 9.17) is 5.11 Å². The first-order valence-electron chi connectivity index (χ1n) is 4.87. The molecular weight excluding hydrogens is 310 g/mol. The minimum atomic E-state index is -0.859. The Bertz CT molecular complexity index is 527. The second kappa shape index (κ2) is 6.26. The summed E-state index contributed by atoms with van der Waals surface area (Å²) in [5, 5.41) is 21.5. The maximum absolute atomic E-state index is 11.6. The van der Waals surface area contributed by atoms with E-state index in [-0.39, 0.29) is 19.7 Å². The van der Waals surface area contributed by atoms with Gasteiger partial charge in [-0.1, -0.05) is 0 Å². The molecule has 0 atom stereocenters. The molecular formula is C9H10BrN3O5.